The fourth-order valence-corrected chi connectivity index (χ4v) is 2.42. The fourth-order valence-electron chi connectivity index (χ4n) is 1.71. The lowest BCUT2D eigenvalue weighted by atomic mass is 10.2. The molecule has 3 aromatic rings. The van der Waals surface area contributed by atoms with Crippen LogP contribution in [-0.2, 0) is 0 Å². The summed E-state index contributed by atoms with van der Waals surface area (Å²) >= 11 is 1.34. The highest BCUT2D eigenvalue weighted by atomic mass is 32.1. The monoisotopic (exact) mass is 298 g/mol. The van der Waals surface area contributed by atoms with E-state index in [2.05, 4.69) is 20.3 Å². The predicted molar refractivity (Wildman–Crippen MR) is 80.4 cm³/mol. The van der Waals surface area contributed by atoms with Crippen LogP contribution in [0.25, 0.3) is 11.3 Å². The summed E-state index contributed by atoms with van der Waals surface area (Å²) in [6.45, 7) is 0. The molecule has 0 aliphatic carbocycles. The summed E-state index contributed by atoms with van der Waals surface area (Å²) in [5.41, 5.74) is 1.83. The molecule has 1 amide bonds. The van der Waals surface area contributed by atoms with Gasteiger partial charge in [0.15, 0.2) is 5.13 Å². The number of nitrogens with one attached hydrogen (secondary N) is 2. The summed E-state index contributed by atoms with van der Waals surface area (Å²) in [5.74, 6) is -0.318. The van der Waals surface area contributed by atoms with Gasteiger partial charge in [0.05, 0.1) is 11.3 Å². The van der Waals surface area contributed by atoms with E-state index in [4.69, 9.17) is 0 Å². The standard InChI is InChI=1S/C14H10N4O2S/c19-12-2-1-10(7-16-12)13(20)18-14-17-11(8-21-14)9-3-5-15-6-4-9/h1-8H,(H,16,19)(H,17,18,20). The van der Waals surface area contributed by atoms with E-state index in [-0.39, 0.29) is 11.5 Å². The minimum absolute atomic E-state index is 0.249. The van der Waals surface area contributed by atoms with Crippen molar-refractivity contribution >= 4 is 22.4 Å². The first-order chi connectivity index (χ1) is 10.2. The minimum atomic E-state index is -0.318. The number of amides is 1. The molecule has 0 aliphatic heterocycles. The van der Waals surface area contributed by atoms with Gasteiger partial charge < -0.3 is 4.98 Å². The number of rotatable bonds is 3. The molecule has 0 saturated heterocycles. The molecule has 21 heavy (non-hydrogen) atoms. The summed E-state index contributed by atoms with van der Waals surface area (Å²) in [4.78, 5) is 33.7. The van der Waals surface area contributed by atoms with Crippen LogP contribution in [0.3, 0.4) is 0 Å². The van der Waals surface area contributed by atoms with Crippen molar-refractivity contribution in [1.29, 1.82) is 0 Å². The van der Waals surface area contributed by atoms with Crippen LogP contribution in [0.2, 0.25) is 0 Å². The van der Waals surface area contributed by atoms with Gasteiger partial charge >= 0.3 is 0 Å². The molecule has 0 saturated carbocycles. The first kappa shape index (κ1) is 13.2. The van der Waals surface area contributed by atoms with E-state index in [1.165, 1.54) is 29.7 Å². The highest BCUT2D eigenvalue weighted by molar-refractivity contribution is 7.14. The predicted octanol–water partition coefficient (Wildman–Crippen LogP) is 2.15. The van der Waals surface area contributed by atoms with Crippen LogP contribution >= 0.6 is 11.3 Å². The van der Waals surface area contributed by atoms with E-state index >= 15 is 0 Å². The van der Waals surface area contributed by atoms with Gasteiger partial charge in [0.25, 0.3) is 5.91 Å². The number of thiazole rings is 1. The normalized spacial score (nSPS) is 10.3. The van der Waals surface area contributed by atoms with Crippen LogP contribution in [0.5, 0.6) is 0 Å². The van der Waals surface area contributed by atoms with Gasteiger partial charge in [0.1, 0.15) is 0 Å². The Bertz CT molecular complexity index is 806. The van der Waals surface area contributed by atoms with Gasteiger partial charge in [-0.05, 0) is 18.2 Å². The Kier molecular flexibility index (Phi) is 3.57. The van der Waals surface area contributed by atoms with Crippen molar-refractivity contribution in [2.75, 3.05) is 5.32 Å². The van der Waals surface area contributed by atoms with Crippen LogP contribution < -0.4 is 10.9 Å². The number of nitrogens with zero attached hydrogens (tertiary/aromatic N) is 2. The van der Waals surface area contributed by atoms with E-state index in [9.17, 15) is 9.59 Å². The van der Waals surface area contributed by atoms with Gasteiger partial charge in [-0.3, -0.25) is 19.9 Å². The van der Waals surface area contributed by atoms with E-state index in [1.807, 2.05) is 17.5 Å². The van der Waals surface area contributed by atoms with Crippen LogP contribution in [0.1, 0.15) is 10.4 Å². The van der Waals surface area contributed by atoms with Gasteiger partial charge in [0, 0.05) is 35.6 Å². The van der Waals surface area contributed by atoms with Crippen molar-refractivity contribution in [2.45, 2.75) is 0 Å². The number of aromatic nitrogens is 3. The molecule has 3 rings (SSSR count). The number of carbonyl (C=O) groups is 1. The smallest absolute Gasteiger partial charge is 0.258 e. The lowest BCUT2D eigenvalue weighted by molar-refractivity contribution is 0.102. The molecule has 3 heterocycles. The van der Waals surface area contributed by atoms with Gasteiger partial charge in [-0.1, -0.05) is 0 Å². The molecule has 0 atom stereocenters. The third kappa shape index (κ3) is 3.03. The molecule has 0 spiro atoms. The third-order valence-corrected chi connectivity index (χ3v) is 3.50. The minimum Gasteiger partial charge on any atom is -0.328 e. The first-order valence-electron chi connectivity index (χ1n) is 6.08. The summed E-state index contributed by atoms with van der Waals surface area (Å²) in [6, 6.07) is 6.47. The number of hydrogen-bond donors (Lipinski definition) is 2. The molecule has 0 aromatic carbocycles. The van der Waals surface area contributed by atoms with Crippen molar-refractivity contribution in [3.8, 4) is 11.3 Å². The summed E-state index contributed by atoms with van der Waals surface area (Å²) in [5, 5.41) is 5.06. The van der Waals surface area contributed by atoms with Crippen LogP contribution in [0.15, 0.2) is 53.0 Å². The van der Waals surface area contributed by atoms with E-state index < -0.39 is 0 Å². The molecule has 0 radical (unpaired) electrons. The van der Waals surface area contributed by atoms with Gasteiger partial charge in [-0.15, -0.1) is 11.3 Å². The van der Waals surface area contributed by atoms with E-state index in [0.717, 1.165) is 11.3 Å². The number of aromatic amines is 1. The quantitative estimate of drug-likeness (QED) is 0.775. The molecule has 0 bridgehead atoms. The summed E-state index contributed by atoms with van der Waals surface area (Å²) in [7, 11) is 0. The van der Waals surface area contributed by atoms with Crippen LogP contribution in [0, 0.1) is 0 Å². The Balaban J connectivity index is 1.77. The van der Waals surface area contributed by atoms with E-state index in [1.54, 1.807) is 12.4 Å². The summed E-state index contributed by atoms with van der Waals surface area (Å²) in [6.07, 6.45) is 4.75. The van der Waals surface area contributed by atoms with Gasteiger partial charge in [0.2, 0.25) is 5.56 Å². The Labute approximate surface area is 123 Å². The Morgan fingerprint density at radius 3 is 2.71 bits per heavy atom. The molecule has 0 unspecified atom stereocenters. The zero-order chi connectivity index (χ0) is 14.7. The van der Waals surface area contributed by atoms with Crippen molar-refractivity contribution < 1.29 is 4.79 Å². The molecule has 0 fully saturated rings. The van der Waals surface area contributed by atoms with Crippen molar-refractivity contribution in [3.63, 3.8) is 0 Å². The number of carbonyl (C=O) groups excluding carboxylic acids is 1. The molecular formula is C14H10N4O2S. The fraction of sp³-hybridized carbons (Fsp3) is 0. The molecule has 2 N–H and O–H groups in total. The Morgan fingerprint density at radius 2 is 2.00 bits per heavy atom. The van der Waals surface area contributed by atoms with Crippen LogP contribution in [-0.4, -0.2) is 20.9 Å². The zero-order valence-corrected chi connectivity index (χ0v) is 11.6. The highest BCUT2D eigenvalue weighted by Gasteiger charge is 2.09. The highest BCUT2D eigenvalue weighted by Crippen LogP contribution is 2.24. The molecule has 7 heteroatoms. The second-order valence-corrected chi connectivity index (χ2v) is 5.03. The largest absolute Gasteiger partial charge is 0.328 e. The molecule has 104 valence electrons. The number of pyridine rings is 2. The SMILES string of the molecule is O=C(Nc1nc(-c2ccncc2)cs1)c1ccc(=O)[nH]c1. The lowest BCUT2D eigenvalue weighted by Crippen LogP contribution is -2.14. The zero-order valence-electron chi connectivity index (χ0n) is 10.7. The lowest BCUT2D eigenvalue weighted by Gasteiger charge is -2.00. The second kappa shape index (κ2) is 5.68. The van der Waals surface area contributed by atoms with Crippen molar-refractivity contribution in [1.82, 2.24) is 15.0 Å². The molecule has 6 nitrogen and oxygen atoms in total. The average Bonchev–Trinajstić information content (AvgIpc) is 2.97. The molecular weight excluding hydrogens is 288 g/mol. The van der Waals surface area contributed by atoms with Crippen LogP contribution in [0.4, 0.5) is 5.13 Å². The number of hydrogen-bond acceptors (Lipinski definition) is 5. The van der Waals surface area contributed by atoms with Gasteiger partial charge in [-0.25, -0.2) is 4.98 Å². The van der Waals surface area contributed by atoms with Crippen molar-refractivity contribution in [2.24, 2.45) is 0 Å². The molecule has 3 aromatic heterocycles. The third-order valence-electron chi connectivity index (χ3n) is 2.75. The Morgan fingerprint density at radius 1 is 1.19 bits per heavy atom. The molecule has 0 aliphatic rings. The summed E-state index contributed by atoms with van der Waals surface area (Å²) < 4.78 is 0. The Hall–Kier alpha value is -2.80. The number of H-pyrrole nitrogens is 1. The second-order valence-electron chi connectivity index (χ2n) is 4.17. The average molecular weight is 298 g/mol. The topological polar surface area (TPSA) is 87.7 Å². The maximum atomic E-state index is 12.0. The number of anilines is 1. The maximum Gasteiger partial charge on any atom is 0.258 e. The maximum absolute atomic E-state index is 12.0. The first-order valence-corrected chi connectivity index (χ1v) is 6.96. The van der Waals surface area contributed by atoms with Crippen molar-refractivity contribution in [3.05, 3.63) is 64.2 Å². The van der Waals surface area contributed by atoms with Gasteiger partial charge in [-0.2, -0.15) is 0 Å². The van der Waals surface area contributed by atoms with E-state index in [0.29, 0.717) is 10.7 Å².